The molecule has 1 aromatic rings. The SMILES string of the molecule is C=Cc1nnc(C)n1/N=C(/C)CC. The molecule has 0 spiro atoms. The van der Waals surface area contributed by atoms with E-state index in [9.17, 15) is 0 Å². The Labute approximate surface area is 78.0 Å². The summed E-state index contributed by atoms with van der Waals surface area (Å²) in [6.07, 6.45) is 2.57. The van der Waals surface area contributed by atoms with Crippen LogP contribution in [0.2, 0.25) is 0 Å². The summed E-state index contributed by atoms with van der Waals surface area (Å²) >= 11 is 0. The van der Waals surface area contributed by atoms with Crippen molar-refractivity contribution < 1.29 is 0 Å². The number of aryl methyl sites for hydroxylation is 1. The van der Waals surface area contributed by atoms with Gasteiger partial charge in [-0.3, -0.25) is 0 Å². The van der Waals surface area contributed by atoms with Gasteiger partial charge >= 0.3 is 0 Å². The fourth-order valence-corrected chi connectivity index (χ4v) is 0.866. The fraction of sp³-hybridized carbons (Fsp3) is 0.444. The summed E-state index contributed by atoms with van der Waals surface area (Å²) < 4.78 is 1.70. The van der Waals surface area contributed by atoms with E-state index < -0.39 is 0 Å². The minimum atomic E-state index is 0.685. The molecule has 4 heteroatoms. The summed E-state index contributed by atoms with van der Waals surface area (Å²) in [7, 11) is 0. The summed E-state index contributed by atoms with van der Waals surface area (Å²) in [6.45, 7) is 9.55. The monoisotopic (exact) mass is 178 g/mol. The van der Waals surface area contributed by atoms with Crippen molar-refractivity contribution in [3.8, 4) is 0 Å². The number of hydrogen-bond donors (Lipinski definition) is 0. The highest BCUT2D eigenvalue weighted by Crippen LogP contribution is 2.02. The Morgan fingerprint density at radius 3 is 2.85 bits per heavy atom. The van der Waals surface area contributed by atoms with Crippen LogP contribution < -0.4 is 0 Å². The van der Waals surface area contributed by atoms with Crippen molar-refractivity contribution in [3.63, 3.8) is 0 Å². The second kappa shape index (κ2) is 3.98. The Morgan fingerprint density at radius 2 is 2.31 bits per heavy atom. The van der Waals surface area contributed by atoms with Crippen molar-refractivity contribution in [2.24, 2.45) is 5.10 Å². The minimum absolute atomic E-state index is 0.685. The minimum Gasteiger partial charge on any atom is -0.198 e. The largest absolute Gasteiger partial charge is 0.198 e. The quantitative estimate of drug-likeness (QED) is 0.663. The van der Waals surface area contributed by atoms with Crippen LogP contribution in [0.5, 0.6) is 0 Å². The number of aromatic nitrogens is 3. The third-order valence-electron chi connectivity index (χ3n) is 1.79. The smallest absolute Gasteiger partial charge is 0.177 e. The third kappa shape index (κ3) is 2.02. The van der Waals surface area contributed by atoms with E-state index in [-0.39, 0.29) is 0 Å². The molecule has 0 aliphatic rings. The third-order valence-corrected chi connectivity index (χ3v) is 1.79. The molecule has 0 fully saturated rings. The fourth-order valence-electron chi connectivity index (χ4n) is 0.866. The zero-order valence-electron chi connectivity index (χ0n) is 8.28. The van der Waals surface area contributed by atoms with Gasteiger partial charge < -0.3 is 0 Å². The molecule has 0 saturated heterocycles. The zero-order chi connectivity index (χ0) is 9.84. The van der Waals surface area contributed by atoms with Crippen LogP contribution in [0.15, 0.2) is 11.7 Å². The lowest BCUT2D eigenvalue weighted by Crippen LogP contribution is -2.00. The Hall–Kier alpha value is -1.45. The predicted molar refractivity (Wildman–Crippen MR) is 53.6 cm³/mol. The summed E-state index contributed by atoms with van der Waals surface area (Å²) in [5.41, 5.74) is 1.05. The van der Waals surface area contributed by atoms with Gasteiger partial charge in [0.1, 0.15) is 0 Å². The van der Waals surface area contributed by atoms with Crippen LogP contribution in [0.25, 0.3) is 6.08 Å². The molecule has 0 aliphatic carbocycles. The van der Waals surface area contributed by atoms with Gasteiger partial charge in [0, 0.05) is 5.71 Å². The maximum absolute atomic E-state index is 4.34. The van der Waals surface area contributed by atoms with Gasteiger partial charge in [0.05, 0.1) is 0 Å². The average molecular weight is 178 g/mol. The molecule has 0 N–H and O–H groups in total. The van der Waals surface area contributed by atoms with Gasteiger partial charge in [-0.15, -0.1) is 10.2 Å². The Kier molecular flexibility index (Phi) is 2.95. The van der Waals surface area contributed by atoms with Crippen LogP contribution in [-0.2, 0) is 0 Å². The highest BCUT2D eigenvalue weighted by molar-refractivity contribution is 5.81. The highest BCUT2D eigenvalue weighted by Gasteiger charge is 2.03. The Bertz CT molecular complexity index is 335. The van der Waals surface area contributed by atoms with Crippen LogP contribution in [0.1, 0.15) is 31.9 Å². The average Bonchev–Trinajstić information content (AvgIpc) is 2.48. The molecule has 1 rings (SSSR count). The van der Waals surface area contributed by atoms with Crippen LogP contribution >= 0.6 is 0 Å². The van der Waals surface area contributed by atoms with Gasteiger partial charge in [-0.25, -0.2) is 0 Å². The van der Waals surface area contributed by atoms with E-state index in [1.54, 1.807) is 10.8 Å². The highest BCUT2D eigenvalue weighted by atomic mass is 15.4. The van der Waals surface area contributed by atoms with Gasteiger partial charge in [0.15, 0.2) is 11.6 Å². The van der Waals surface area contributed by atoms with Crippen molar-refractivity contribution in [1.29, 1.82) is 0 Å². The topological polar surface area (TPSA) is 43.1 Å². The normalized spacial score (nSPS) is 11.8. The van der Waals surface area contributed by atoms with Crippen molar-refractivity contribution in [1.82, 2.24) is 14.9 Å². The summed E-state index contributed by atoms with van der Waals surface area (Å²) in [5.74, 6) is 1.47. The van der Waals surface area contributed by atoms with Crippen molar-refractivity contribution >= 4 is 11.8 Å². The molecule has 1 aromatic heterocycles. The molecule has 4 nitrogen and oxygen atoms in total. The van der Waals surface area contributed by atoms with Crippen LogP contribution in [0.4, 0.5) is 0 Å². The first-order valence-corrected chi connectivity index (χ1v) is 4.28. The molecule has 0 aliphatic heterocycles. The molecule has 1 heterocycles. The lowest BCUT2D eigenvalue weighted by molar-refractivity contribution is 0.811. The summed E-state index contributed by atoms with van der Waals surface area (Å²) in [6, 6.07) is 0. The van der Waals surface area contributed by atoms with E-state index in [0.717, 1.165) is 18.0 Å². The second-order valence-corrected chi connectivity index (χ2v) is 2.81. The van der Waals surface area contributed by atoms with E-state index in [4.69, 9.17) is 0 Å². The van der Waals surface area contributed by atoms with Crippen molar-refractivity contribution in [2.45, 2.75) is 27.2 Å². The first kappa shape index (κ1) is 9.64. The van der Waals surface area contributed by atoms with Gasteiger partial charge in [0.2, 0.25) is 0 Å². The van der Waals surface area contributed by atoms with E-state index in [1.165, 1.54) is 0 Å². The predicted octanol–water partition coefficient (Wildman–Crippen LogP) is 1.86. The summed E-state index contributed by atoms with van der Waals surface area (Å²) in [5, 5.41) is 12.2. The summed E-state index contributed by atoms with van der Waals surface area (Å²) in [4.78, 5) is 0. The van der Waals surface area contributed by atoms with Gasteiger partial charge in [-0.05, 0) is 26.3 Å². The van der Waals surface area contributed by atoms with Crippen molar-refractivity contribution in [3.05, 3.63) is 18.2 Å². The first-order valence-electron chi connectivity index (χ1n) is 4.28. The Morgan fingerprint density at radius 1 is 1.62 bits per heavy atom. The molecule has 70 valence electrons. The molecule has 0 atom stereocenters. The molecule has 13 heavy (non-hydrogen) atoms. The molecule has 0 aromatic carbocycles. The van der Waals surface area contributed by atoms with Gasteiger partial charge in [0.25, 0.3) is 0 Å². The van der Waals surface area contributed by atoms with Crippen LogP contribution in [0, 0.1) is 6.92 Å². The number of hydrogen-bond acceptors (Lipinski definition) is 3. The molecule has 0 bridgehead atoms. The molecule has 0 saturated carbocycles. The first-order chi connectivity index (χ1) is 6.19. The lowest BCUT2D eigenvalue weighted by atomic mass is 10.3. The van der Waals surface area contributed by atoms with E-state index in [0.29, 0.717) is 5.82 Å². The molecule has 0 radical (unpaired) electrons. The molecular formula is C9H14N4. The number of nitrogens with zero attached hydrogens (tertiary/aromatic N) is 4. The van der Waals surface area contributed by atoms with E-state index in [2.05, 4.69) is 28.8 Å². The van der Waals surface area contributed by atoms with Crippen molar-refractivity contribution in [2.75, 3.05) is 0 Å². The van der Waals surface area contributed by atoms with Crippen LogP contribution in [0.3, 0.4) is 0 Å². The Balaban J connectivity index is 3.11. The number of rotatable bonds is 3. The lowest BCUT2D eigenvalue weighted by Gasteiger charge is -1.99. The van der Waals surface area contributed by atoms with Gasteiger partial charge in [-0.2, -0.15) is 9.78 Å². The molecule has 0 amide bonds. The second-order valence-electron chi connectivity index (χ2n) is 2.81. The standard InChI is InChI=1S/C9H14N4/c1-5-7(3)12-13-8(4)10-11-9(13)6-2/h6H,2,5H2,1,3-4H3/b12-7-. The van der Waals surface area contributed by atoms with Crippen LogP contribution in [-0.4, -0.2) is 20.6 Å². The van der Waals surface area contributed by atoms with Gasteiger partial charge in [-0.1, -0.05) is 13.5 Å². The van der Waals surface area contributed by atoms with E-state index in [1.807, 2.05) is 13.8 Å². The van der Waals surface area contributed by atoms with E-state index >= 15 is 0 Å². The zero-order valence-corrected chi connectivity index (χ0v) is 8.28. The maximum Gasteiger partial charge on any atom is 0.177 e. The maximum atomic E-state index is 4.34. The molecule has 0 unspecified atom stereocenters. The molecular weight excluding hydrogens is 164 g/mol.